The van der Waals surface area contributed by atoms with Crippen LogP contribution in [0.1, 0.15) is 28.5 Å². The van der Waals surface area contributed by atoms with Crippen LogP contribution in [0.3, 0.4) is 0 Å². The normalized spacial score (nSPS) is 10.7. The van der Waals surface area contributed by atoms with E-state index in [1.54, 1.807) is 4.68 Å². The molecule has 4 nitrogen and oxygen atoms in total. The Morgan fingerprint density at radius 1 is 1.24 bits per heavy atom. The third-order valence-electron chi connectivity index (χ3n) is 3.88. The summed E-state index contributed by atoms with van der Waals surface area (Å²) in [5, 5.41) is 7.24. The van der Waals surface area contributed by atoms with Gasteiger partial charge in [-0.3, -0.25) is 9.48 Å². The molecule has 128 valence electrons. The molecule has 6 heteroatoms. The lowest BCUT2D eigenvalue weighted by atomic mass is 10.1. The fourth-order valence-corrected chi connectivity index (χ4v) is 2.82. The summed E-state index contributed by atoms with van der Waals surface area (Å²) in [4.78, 5) is 12.5. The minimum Gasteiger partial charge on any atom is -0.319 e. The summed E-state index contributed by atoms with van der Waals surface area (Å²) >= 11 is 5.86. The van der Waals surface area contributed by atoms with Crippen molar-refractivity contribution in [3.8, 4) is 0 Å². The number of halogens is 2. The van der Waals surface area contributed by atoms with E-state index >= 15 is 0 Å². The number of hydrogen-bond acceptors (Lipinski definition) is 2. The third-order valence-corrected chi connectivity index (χ3v) is 4.12. The molecule has 1 aromatic heterocycles. The molecular weight excluding hydrogens is 341 g/mol. The minimum atomic E-state index is -0.535. The highest BCUT2D eigenvalue weighted by Crippen LogP contribution is 2.21. The van der Waals surface area contributed by atoms with Crippen LogP contribution in [0.5, 0.6) is 0 Å². The van der Waals surface area contributed by atoms with Crippen molar-refractivity contribution >= 4 is 23.2 Å². The SMILES string of the molecule is CCc1c(C(=O)Nc2cc(Cl)ccc2F)cnn1Cc1ccccc1. The average molecular weight is 358 g/mol. The van der Waals surface area contributed by atoms with E-state index in [1.165, 1.54) is 24.4 Å². The number of nitrogens with zero attached hydrogens (tertiary/aromatic N) is 2. The van der Waals surface area contributed by atoms with Gasteiger partial charge in [-0.15, -0.1) is 0 Å². The predicted molar refractivity (Wildman–Crippen MR) is 96.5 cm³/mol. The first-order valence-electron chi connectivity index (χ1n) is 7.93. The lowest BCUT2D eigenvalue weighted by Gasteiger charge is -2.09. The van der Waals surface area contributed by atoms with Crippen LogP contribution in [0.2, 0.25) is 5.02 Å². The van der Waals surface area contributed by atoms with Gasteiger partial charge in [0.2, 0.25) is 0 Å². The molecule has 0 fully saturated rings. The van der Waals surface area contributed by atoms with Gasteiger partial charge in [-0.2, -0.15) is 5.10 Å². The number of carbonyl (C=O) groups excluding carboxylic acids is 1. The van der Waals surface area contributed by atoms with Crippen LogP contribution in [0, 0.1) is 5.82 Å². The van der Waals surface area contributed by atoms with Crippen LogP contribution < -0.4 is 5.32 Å². The molecule has 0 radical (unpaired) electrons. The average Bonchev–Trinajstić information content (AvgIpc) is 3.01. The van der Waals surface area contributed by atoms with E-state index < -0.39 is 11.7 Å². The van der Waals surface area contributed by atoms with E-state index in [2.05, 4.69) is 10.4 Å². The van der Waals surface area contributed by atoms with Gasteiger partial charge in [0.05, 0.1) is 29.7 Å². The van der Waals surface area contributed by atoms with Crippen LogP contribution in [0.4, 0.5) is 10.1 Å². The van der Waals surface area contributed by atoms with Crippen molar-refractivity contribution < 1.29 is 9.18 Å². The van der Waals surface area contributed by atoms with Gasteiger partial charge in [0.25, 0.3) is 5.91 Å². The Kier molecular flexibility index (Phi) is 5.14. The predicted octanol–water partition coefficient (Wildman–Crippen LogP) is 4.54. The molecule has 1 N–H and O–H groups in total. The fourth-order valence-electron chi connectivity index (χ4n) is 2.65. The largest absolute Gasteiger partial charge is 0.319 e. The highest BCUT2D eigenvalue weighted by Gasteiger charge is 2.18. The Balaban J connectivity index is 1.84. The van der Waals surface area contributed by atoms with Gasteiger partial charge in [0.1, 0.15) is 5.82 Å². The molecule has 0 aliphatic carbocycles. The lowest BCUT2D eigenvalue weighted by molar-refractivity contribution is 0.102. The molecule has 1 amide bonds. The first-order valence-corrected chi connectivity index (χ1v) is 8.31. The summed E-state index contributed by atoms with van der Waals surface area (Å²) in [7, 11) is 0. The Bertz CT molecular complexity index is 893. The number of aromatic nitrogens is 2. The van der Waals surface area contributed by atoms with Gasteiger partial charge in [0, 0.05) is 5.02 Å². The molecule has 1 heterocycles. The van der Waals surface area contributed by atoms with Gasteiger partial charge in [0.15, 0.2) is 0 Å². The number of hydrogen-bond donors (Lipinski definition) is 1. The molecule has 0 aliphatic heterocycles. The van der Waals surface area contributed by atoms with Crippen molar-refractivity contribution in [2.24, 2.45) is 0 Å². The fraction of sp³-hybridized carbons (Fsp3) is 0.158. The maximum atomic E-state index is 13.8. The Morgan fingerprint density at radius 3 is 2.72 bits per heavy atom. The van der Waals surface area contributed by atoms with Crippen molar-refractivity contribution in [3.05, 3.63) is 82.4 Å². The van der Waals surface area contributed by atoms with E-state index in [-0.39, 0.29) is 5.69 Å². The Morgan fingerprint density at radius 2 is 2.00 bits per heavy atom. The van der Waals surface area contributed by atoms with E-state index in [1.807, 2.05) is 37.3 Å². The van der Waals surface area contributed by atoms with Crippen LogP contribution in [0.25, 0.3) is 0 Å². The molecule has 0 spiro atoms. The topological polar surface area (TPSA) is 46.9 Å². The quantitative estimate of drug-likeness (QED) is 0.728. The van der Waals surface area contributed by atoms with E-state index in [4.69, 9.17) is 11.6 Å². The molecule has 0 atom stereocenters. The smallest absolute Gasteiger partial charge is 0.259 e. The van der Waals surface area contributed by atoms with E-state index in [0.29, 0.717) is 23.6 Å². The maximum Gasteiger partial charge on any atom is 0.259 e. The van der Waals surface area contributed by atoms with Gasteiger partial charge in [-0.05, 0) is 30.2 Å². The summed E-state index contributed by atoms with van der Waals surface area (Å²) in [6.07, 6.45) is 2.15. The van der Waals surface area contributed by atoms with Crippen LogP contribution in [-0.2, 0) is 13.0 Å². The molecule has 0 unspecified atom stereocenters. The molecule has 25 heavy (non-hydrogen) atoms. The van der Waals surface area contributed by atoms with Crippen molar-refractivity contribution in [2.75, 3.05) is 5.32 Å². The minimum absolute atomic E-state index is 0.0513. The molecule has 3 rings (SSSR count). The molecule has 0 saturated carbocycles. The summed E-state index contributed by atoms with van der Waals surface area (Å²) < 4.78 is 15.6. The van der Waals surface area contributed by atoms with Crippen molar-refractivity contribution in [1.82, 2.24) is 9.78 Å². The van der Waals surface area contributed by atoms with Crippen LogP contribution in [-0.4, -0.2) is 15.7 Å². The van der Waals surface area contributed by atoms with Crippen LogP contribution in [0.15, 0.2) is 54.7 Å². The first-order chi connectivity index (χ1) is 12.1. The number of anilines is 1. The van der Waals surface area contributed by atoms with Crippen molar-refractivity contribution in [2.45, 2.75) is 19.9 Å². The highest BCUT2D eigenvalue weighted by atomic mass is 35.5. The second kappa shape index (κ2) is 7.49. The number of carbonyl (C=O) groups is 1. The van der Waals surface area contributed by atoms with Gasteiger partial charge >= 0.3 is 0 Å². The second-order valence-corrected chi connectivity index (χ2v) is 6.02. The second-order valence-electron chi connectivity index (χ2n) is 5.58. The molecule has 0 bridgehead atoms. The molecule has 3 aromatic rings. The Hall–Kier alpha value is -2.66. The summed E-state index contributed by atoms with van der Waals surface area (Å²) in [6, 6.07) is 13.9. The van der Waals surface area contributed by atoms with Crippen LogP contribution >= 0.6 is 11.6 Å². The van der Waals surface area contributed by atoms with Crippen molar-refractivity contribution in [1.29, 1.82) is 0 Å². The summed E-state index contributed by atoms with van der Waals surface area (Å²) in [5.41, 5.74) is 2.37. The highest BCUT2D eigenvalue weighted by molar-refractivity contribution is 6.31. The van der Waals surface area contributed by atoms with Gasteiger partial charge in [-0.1, -0.05) is 48.9 Å². The van der Waals surface area contributed by atoms with E-state index in [9.17, 15) is 9.18 Å². The van der Waals surface area contributed by atoms with Crippen molar-refractivity contribution in [3.63, 3.8) is 0 Å². The third kappa shape index (κ3) is 3.88. The summed E-state index contributed by atoms with van der Waals surface area (Å²) in [6.45, 7) is 2.53. The van der Waals surface area contributed by atoms with Gasteiger partial charge in [-0.25, -0.2) is 4.39 Å². The molecule has 0 saturated heterocycles. The number of amides is 1. The number of nitrogens with one attached hydrogen (secondary N) is 1. The standard InChI is InChI=1S/C19H17ClFN3O/c1-2-18-15(11-22-24(18)12-13-6-4-3-5-7-13)19(25)23-17-10-14(20)8-9-16(17)21/h3-11H,2,12H2,1H3,(H,23,25). The van der Waals surface area contributed by atoms with Gasteiger partial charge < -0.3 is 5.32 Å². The molecular formula is C19H17ClFN3O. The molecule has 2 aromatic carbocycles. The zero-order valence-corrected chi connectivity index (χ0v) is 14.4. The first kappa shape index (κ1) is 17.2. The monoisotopic (exact) mass is 357 g/mol. The van der Waals surface area contributed by atoms with E-state index in [0.717, 1.165) is 11.3 Å². The number of benzene rings is 2. The zero-order valence-electron chi connectivity index (χ0n) is 13.7. The Labute approximate surface area is 150 Å². The summed E-state index contributed by atoms with van der Waals surface area (Å²) in [5.74, 6) is -0.940. The number of rotatable bonds is 5. The lowest BCUT2D eigenvalue weighted by Crippen LogP contribution is -2.15. The zero-order chi connectivity index (χ0) is 17.8. The molecule has 0 aliphatic rings. The maximum absolute atomic E-state index is 13.8.